The lowest BCUT2D eigenvalue weighted by atomic mass is 9.94. The highest BCUT2D eigenvalue weighted by Crippen LogP contribution is 2.44. The van der Waals surface area contributed by atoms with Crippen molar-refractivity contribution < 1.29 is 37.3 Å². The number of fused-ring (bicyclic) bond motifs is 2. The van der Waals surface area contributed by atoms with Crippen LogP contribution >= 0.6 is 0 Å². The standard InChI is InChI=1S/C43H54O8Si2/c1-42(2,3)52(8,9)51-38(31-20-22-36-39(24-31)47-29-45-36)26-33(41(49-28-44-7)32-21-23-37-40(25-32)48-30-46-37)27-50-53(43(4,5)6,34-16-12-10-13-17-34)35-18-14-11-15-19-35/h10-26,33,41H,27-30H2,1-9H3/b38-26+/t33-,41-/m1/s1. The molecule has 0 saturated heterocycles. The molecule has 2 aliphatic heterocycles. The Bertz CT molecular complexity index is 1830. The van der Waals surface area contributed by atoms with Crippen molar-refractivity contribution in [3.63, 3.8) is 0 Å². The highest BCUT2D eigenvalue weighted by molar-refractivity contribution is 6.99. The SMILES string of the molecule is COCO[C@H](c1ccc2c(c1)OCO2)[C@H](/C=C(/O[Si](C)(C)C(C)(C)C)c1ccc2c(c1)OCO2)CO[Si](c1ccccc1)(c1ccccc1)C(C)(C)C. The van der Waals surface area contributed by atoms with Crippen molar-refractivity contribution in [2.24, 2.45) is 5.92 Å². The first-order chi connectivity index (χ1) is 25.2. The summed E-state index contributed by atoms with van der Waals surface area (Å²) in [7, 11) is -3.69. The summed E-state index contributed by atoms with van der Waals surface area (Å²) in [6.45, 7) is 18.9. The molecular formula is C43H54O8Si2. The van der Waals surface area contributed by atoms with Crippen LogP contribution in [0.25, 0.3) is 5.76 Å². The Labute approximate surface area is 317 Å². The second-order valence-electron chi connectivity index (χ2n) is 16.2. The van der Waals surface area contributed by atoms with Crippen molar-refractivity contribution in [1.82, 2.24) is 0 Å². The fraction of sp³-hybridized carbons (Fsp3) is 0.395. The molecular weight excluding hydrogens is 701 g/mol. The number of hydrogen-bond acceptors (Lipinski definition) is 8. The summed E-state index contributed by atoms with van der Waals surface area (Å²) in [4.78, 5) is 0. The molecule has 0 aromatic heterocycles. The van der Waals surface area contributed by atoms with Crippen molar-refractivity contribution >= 4 is 32.8 Å². The number of ether oxygens (including phenoxy) is 6. The topological polar surface area (TPSA) is 73.8 Å². The summed E-state index contributed by atoms with van der Waals surface area (Å²) < 4.78 is 50.2. The first kappa shape index (κ1) is 38.7. The van der Waals surface area contributed by atoms with Crippen LogP contribution in [0.3, 0.4) is 0 Å². The summed E-state index contributed by atoms with van der Waals surface area (Å²) in [6.07, 6.45) is 1.69. The van der Waals surface area contributed by atoms with Gasteiger partial charge >= 0.3 is 0 Å². The van der Waals surface area contributed by atoms with Crippen LogP contribution in [0.2, 0.25) is 23.2 Å². The predicted molar refractivity (Wildman–Crippen MR) is 214 cm³/mol. The highest BCUT2D eigenvalue weighted by atomic mass is 28.4. The second kappa shape index (κ2) is 15.7. The number of rotatable bonds is 14. The molecule has 0 N–H and O–H groups in total. The first-order valence-electron chi connectivity index (χ1n) is 18.3. The minimum atomic E-state index is -2.96. The number of methoxy groups -OCH3 is 1. The molecule has 0 bridgehead atoms. The molecule has 0 amide bonds. The monoisotopic (exact) mass is 754 g/mol. The van der Waals surface area contributed by atoms with E-state index in [9.17, 15) is 0 Å². The fourth-order valence-corrected chi connectivity index (χ4v) is 12.4. The molecule has 2 heterocycles. The lowest BCUT2D eigenvalue weighted by Crippen LogP contribution is -2.67. The van der Waals surface area contributed by atoms with Gasteiger partial charge in [-0.3, -0.25) is 0 Å². The van der Waals surface area contributed by atoms with Crippen LogP contribution in [-0.4, -0.2) is 50.7 Å². The molecule has 4 aromatic carbocycles. The van der Waals surface area contributed by atoms with Crippen LogP contribution < -0.4 is 29.3 Å². The van der Waals surface area contributed by atoms with E-state index < -0.39 is 22.7 Å². The van der Waals surface area contributed by atoms with E-state index in [1.807, 2.05) is 36.4 Å². The molecule has 0 aliphatic carbocycles. The molecule has 0 unspecified atom stereocenters. The van der Waals surface area contributed by atoms with Gasteiger partial charge in [-0.15, -0.1) is 0 Å². The molecule has 0 saturated carbocycles. The molecule has 53 heavy (non-hydrogen) atoms. The van der Waals surface area contributed by atoms with Crippen LogP contribution in [0.4, 0.5) is 0 Å². The van der Waals surface area contributed by atoms with Crippen LogP contribution in [-0.2, 0) is 18.3 Å². The summed E-state index contributed by atoms with van der Waals surface area (Å²) in [5, 5.41) is 2.11. The Morgan fingerprint density at radius 3 is 1.79 bits per heavy atom. The van der Waals surface area contributed by atoms with Gasteiger partial charge in [0.15, 0.2) is 23.0 Å². The van der Waals surface area contributed by atoms with Gasteiger partial charge in [0.25, 0.3) is 8.32 Å². The van der Waals surface area contributed by atoms with Gasteiger partial charge in [0.05, 0.1) is 6.10 Å². The summed E-state index contributed by atoms with van der Waals surface area (Å²) in [5.74, 6) is 3.19. The lowest BCUT2D eigenvalue weighted by molar-refractivity contribution is -0.0917. The van der Waals surface area contributed by atoms with Crippen molar-refractivity contribution in [2.45, 2.75) is 70.8 Å². The van der Waals surface area contributed by atoms with E-state index in [-0.39, 0.29) is 36.4 Å². The Kier molecular flexibility index (Phi) is 11.5. The average Bonchev–Trinajstić information content (AvgIpc) is 3.80. The van der Waals surface area contributed by atoms with Gasteiger partial charge in [0.2, 0.25) is 21.9 Å². The third kappa shape index (κ3) is 8.22. The van der Waals surface area contributed by atoms with E-state index in [1.54, 1.807) is 7.11 Å². The van der Waals surface area contributed by atoms with Gasteiger partial charge in [-0.05, 0) is 75.5 Å². The van der Waals surface area contributed by atoms with Crippen molar-refractivity contribution in [1.29, 1.82) is 0 Å². The Hall–Kier alpha value is -4.07. The third-order valence-corrected chi connectivity index (χ3v) is 19.9. The Morgan fingerprint density at radius 1 is 0.698 bits per heavy atom. The van der Waals surface area contributed by atoms with Crippen LogP contribution in [0.1, 0.15) is 58.8 Å². The average molecular weight is 755 g/mol. The smallest absolute Gasteiger partial charge is 0.261 e. The van der Waals surface area contributed by atoms with E-state index >= 15 is 0 Å². The van der Waals surface area contributed by atoms with E-state index in [2.05, 4.69) is 121 Å². The molecule has 0 spiro atoms. The fourth-order valence-electron chi connectivity index (χ4n) is 6.77. The molecule has 2 aliphatic rings. The van der Waals surface area contributed by atoms with Crippen LogP contribution in [0, 0.1) is 5.92 Å². The molecule has 0 radical (unpaired) electrons. The largest absolute Gasteiger partial charge is 0.543 e. The predicted octanol–water partition coefficient (Wildman–Crippen LogP) is 9.06. The maximum absolute atomic E-state index is 7.64. The summed E-state index contributed by atoms with van der Waals surface area (Å²) >= 11 is 0. The normalized spacial score (nSPS) is 15.7. The van der Waals surface area contributed by atoms with Crippen LogP contribution in [0.5, 0.6) is 23.0 Å². The Balaban J connectivity index is 1.54. The van der Waals surface area contributed by atoms with E-state index in [1.165, 1.54) is 10.4 Å². The van der Waals surface area contributed by atoms with Crippen molar-refractivity contribution in [2.75, 3.05) is 34.1 Å². The minimum Gasteiger partial charge on any atom is -0.543 e. The van der Waals surface area contributed by atoms with Gasteiger partial charge in [-0.1, -0.05) is 108 Å². The van der Waals surface area contributed by atoms with Crippen LogP contribution in [0.15, 0.2) is 103 Å². The molecule has 2 atom stereocenters. The summed E-state index contributed by atoms with van der Waals surface area (Å²) in [5.41, 5.74) is 1.81. The van der Waals surface area contributed by atoms with Gasteiger partial charge in [-0.2, -0.15) is 0 Å². The van der Waals surface area contributed by atoms with E-state index in [0.717, 1.165) is 16.9 Å². The molecule has 282 valence electrons. The van der Waals surface area contributed by atoms with Gasteiger partial charge in [0.1, 0.15) is 12.6 Å². The molecule has 0 fully saturated rings. The molecule has 8 nitrogen and oxygen atoms in total. The molecule has 4 aromatic rings. The van der Waals surface area contributed by atoms with E-state index in [0.29, 0.717) is 29.6 Å². The highest BCUT2D eigenvalue weighted by Gasteiger charge is 2.51. The molecule has 10 heteroatoms. The molecule has 6 rings (SSSR count). The Morgan fingerprint density at radius 2 is 1.25 bits per heavy atom. The number of benzene rings is 4. The zero-order chi connectivity index (χ0) is 37.9. The zero-order valence-electron chi connectivity index (χ0n) is 32.6. The lowest BCUT2D eigenvalue weighted by Gasteiger charge is -2.44. The van der Waals surface area contributed by atoms with Gasteiger partial charge in [-0.25, -0.2) is 0 Å². The maximum Gasteiger partial charge on any atom is 0.261 e. The first-order valence-corrected chi connectivity index (χ1v) is 23.1. The van der Waals surface area contributed by atoms with Crippen molar-refractivity contribution in [3.8, 4) is 23.0 Å². The van der Waals surface area contributed by atoms with E-state index in [4.69, 9.17) is 37.3 Å². The maximum atomic E-state index is 7.64. The number of hydrogen-bond donors (Lipinski definition) is 0. The zero-order valence-corrected chi connectivity index (χ0v) is 34.6. The summed E-state index contributed by atoms with van der Waals surface area (Å²) in [6, 6.07) is 33.4. The quantitative estimate of drug-likeness (QED) is 0.0718. The van der Waals surface area contributed by atoms with Gasteiger partial charge < -0.3 is 37.3 Å². The minimum absolute atomic E-state index is 0.0629. The van der Waals surface area contributed by atoms with Crippen molar-refractivity contribution in [3.05, 3.63) is 114 Å². The van der Waals surface area contributed by atoms with Gasteiger partial charge in [0, 0.05) is 25.2 Å². The third-order valence-electron chi connectivity index (χ3n) is 10.6. The second-order valence-corrected chi connectivity index (χ2v) is 25.2.